The molecule has 0 spiro atoms. The molecule has 98 valence electrons. The van der Waals surface area contributed by atoms with Crippen molar-refractivity contribution in [3.05, 3.63) is 0 Å². The van der Waals surface area contributed by atoms with Crippen molar-refractivity contribution >= 4 is 10.2 Å². The number of hydrogen-bond acceptors (Lipinski definition) is 3. The van der Waals surface area contributed by atoms with Crippen LogP contribution in [0.25, 0.3) is 0 Å². The number of aliphatic hydroxyl groups is 1. The van der Waals surface area contributed by atoms with Gasteiger partial charge in [0.25, 0.3) is 10.2 Å². The molecular weight excluding hydrogens is 228 g/mol. The SMILES string of the molecule is CCCCN(C)S(=O)(=O)N(C)C(C)(C)CO. The summed E-state index contributed by atoms with van der Waals surface area (Å²) in [5.41, 5.74) is -0.778. The second-order valence-electron chi connectivity index (χ2n) is 4.62. The molecule has 0 heterocycles. The van der Waals surface area contributed by atoms with Gasteiger partial charge in [-0.05, 0) is 20.3 Å². The second kappa shape index (κ2) is 5.95. The largest absolute Gasteiger partial charge is 0.394 e. The molecule has 1 N–H and O–H groups in total. The van der Waals surface area contributed by atoms with Crippen molar-refractivity contribution in [2.75, 3.05) is 27.2 Å². The van der Waals surface area contributed by atoms with Gasteiger partial charge in [-0.15, -0.1) is 0 Å². The molecule has 6 heteroatoms. The molecule has 0 aromatic rings. The molecule has 0 radical (unpaired) electrons. The zero-order valence-electron chi connectivity index (χ0n) is 10.9. The minimum atomic E-state index is -3.47. The first-order chi connectivity index (χ1) is 7.20. The fourth-order valence-corrected chi connectivity index (χ4v) is 2.58. The molecule has 5 nitrogen and oxygen atoms in total. The molecule has 0 atom stereocenters. The number of unbranched alkanes of at least 4 members (excludes halogenated alkanes) is 1. The Morgan fingerprint density at radius 2 is 1.75 bits per heavy atom. The summed E-state index contributed by atoms with van der Waals surface area (Å²) >= 11 is 0. The van der Waals surface area contributed by atoms with Gasteiger partial charge in [-0.25, -0.2) is 0 Å². The summed E-state index contributed by atoms with van der Waals surface area (Å²) in [6, 6.07) is 0. The third-order valence-electron chi connectivity index (χ3n) is 2.81. The third kappa shape index (κ3) is 3.69. The first-order valence-corrected chi connectivity index (χ1v) is 6.91. The Morgan fingerprint density at radius 3 is 2.12 bits per heavy atom. The number of rotatable bonds is 7. The van der Waals surface area contributed by atoms with E-state index in [0.29, 0.717) is 6.54 Å². The molecule has 0 saturated heterocycles. The topological polar surface area (TPSA) is 60.9 Å². The minimum absolute atomic E-state index is 0.204. The fraction of sp³-hybridized carbons (Fsp3) is 1.00. The molecular formula is C10H24N2O3S. The van der Waals surface area contributed by atoms with E-state index in [4.69, 9.17) is 5.11 Å². The lowest BCUT2D eigenvalue weighted by atomic mass is 10.1. The van der Waals surface area contributed by atoms with Crippen LogP contribution in [0.3, 0.4) is 0 Å². The normalized spacial score (nSPS) is 13.8. The monoisotopic (exact) mass is 252 g/mol. The van der Waals surface area contributed by atoms with Gasteiger partial charge in [0.05, 0.1) is 12.1 Å². The molecule has 0 fully saturated rings. The van der Waals surface area contributed by atoms with Gasteiger partial charge in [0.1, 0.15) is 0 Å². The van der Waals surface area contributed by atoms with Gasteiger partial charge in [-0.1, -0.05) is 13.3 Å². The molecule has 0 unspecified atom stereocenters. The molecule has 0 aromatic carbocycles. The van der Waals surface area contributed by atoms with E-state index in [0.717, 1.165) is 12.8 Å². The number of hydrogen-bond donors (Lipinski definition) is 1. The number of nitrogens with zero attached hydrogens (tertiary/aromatic N) is 2. The van der Waals surface area contributed by atoms with Crippen molar-refractivity contribution in [1.82, 2.24) is 8.61 Å². The maximum absolute atomic E-state index is 12.1. The average molecular weight is 252 g/mol. The van der Waals surface area contributed by atoms with Crippen LogP contribution < -0.4 is 0 Å². The maximum atomic E-state index is 12.1. The van der Waals surface area contributed by atoms with Crippen molar-refractivity contribution in [3.63, 3.8) is 0 Å². The van der Waals surface area contributed by atoms with Gasteiger partial charge in [-0.3, -0.25) is 0 Å². The smallest absolute Gasteiger partial charge is 0.282 e. The fourth-order valence-electron chi connectivity index (χ4n) is 1.12. The summed E-state index contributed by atoms with van der Waals surface area (Å²) < 4.78 is 26.7. The summed E-state index contributed by atoms with van der Waals surface area (Å²) in [7, 11) is -0.416. The Kier molecular flexibility index (Phi) is 5.89. The van der Waals surface area contributed by atoms with Crippen LogP contribution in [0.4, 0.5) is 0 Å². The zero-order valence-corrected chi connectivity index (χ0v) is 11.7. The van der Waals surface area contributed by atoms with E-state index < -0.39 is 15.7 Å². The number of aliphatic hydroxyl groups excluding tert-OH is 1. The van der Waals surface area contributed by atoms with Gasteiger partial charge in [0.15, 0.2) is 0 Å². The van der Waals surface area contributed by atoms with Crippen molar-refractivity contribution in [2.45, 2.75) is 39.2 Å². The van der Waals surface area contributed by atoms with E-state index in [-0.39, 0.29) is 6.61 Å². The molecule has 0 rings (SSSR count). The predicted octanol–water partition coefficient (Wildman–Crippen LogP) is 0.666. The first-order valence-electron chi connectivity index (χ1n) is 5.51. The summed E-state index contributed by atoms with van der Waals surface area (Å²) in [5.74, 6) is 0. The lowest BCUT2D eigenvalue weighted by molar-refractivity contribution is 0.133. The highest BCUT2D eigenvalue weighted by Crippen LogP contribution is 2.18. The van der Waals surface area contributed by atoms with E-state index in [1.54, 1.807) is 20.9 Å². The highest BCUT2D eigenvalue weighted by atomic mass is 32.2. The standard InChI is InChI=1S/C10H24N2O3S/c1-6-7-8-11(4)16(14,15)12(5)10(2,3)9-13/h13H,6-9H2,1-5H3. The maximum Gasteiger partial charge on any atom is 0.282 e. The molecule has 0 aliphatic carbocycles. The van der Waals surface area contributed by atoms with Crippen LogP contribution in [0.5, 0.6) is 0 Å². The summed E-state index contributed by atoms with van der Waals surface area (Å²) in [6.07, 6.45) is 1.79. The summed E-state index contributed by atoms with van der Waals surface area (Å²) in [6.45, 7) is 5.70. The van der Waals surface area contributed by atoms with Crippen LogP contribution in [0, 0.1) is 0 Å². The first kappa shape index (κ1) is 15.8. The molecule has 0 aliphatic rings. The summed E-state index contributed by atoms with van der Waals surface area (Å²) in [4.78, 5) is 0. The summed E-state index contributed by atoms with van der Waals surface area (Å²) in [5, 5.41) is 9.16. The van der Waals surface area contributed by atoms with E-state index in [1.165, 1.54) is 15.7 Å². The average Bonchev–Trinajstić information content (AvgIpc) is 2.24. The second-order valence-corrected chi connectivity index (χ2v) is 6.69. The van der Waals surface area contributed by atoms with E-state index in [9.17, 15) is 8.42 Å². The van der Waals surface area contributed by atoms with Crippen LogP contribution in [0.1, 0.15) is 33.6 Å². The Balaban J connectivity index is 4.78. The molecule has 0 saturated carbocycles. The van der Waals surface area contributed by atoms with Crippen molar-refractivity contribution in [3.8, 4) is 0 Å². The Morgan fingerprint density at radius 1 is 1.25 bits per heavy atom. The zero-order chi connectivity index (χ0) is 13.0. The minimum Gasteiger partial charge on any atom is -0.394 e. The van der Waals surface area contributed by atoms with E-state index in [2.05, 4.69) is 0 Å². The van der Waals surface area contributed by atoms with Crippen LogP contribution in [0.2, 0.25) is 0 Å². The van der Waals surface area contributed by atoms with Gasteiger partial charge in [-0.2, -0.15) is 17.0 Å². The van der Waals surface area contributed by atoms with Gasteiger partial charge >= 0.3 is 0 Å². The Hall–Kier alpha value is -0.170. The quantitative estimate of drug-likeness (QED) is 0.724. The van der Waals surface area contributed by atoms with Crippen molar-refractivity contribution in [2.24, 2.45) is 0 Å². The number of likely N-dealkylation sites (N-methyl/N-ethyl adjacent to an activating group) is 1. The molecule has 0 bridgehead atoms. The van der Waals surface area contributed by atoms with Crippen LogP contribution in [-0.2, 0) is 10.2 Å². The molecule has 16 heavy (non-hydrogen) atoms. The highest BCUT2D eigenvalue weighted by molar-refractivity contribution is 7.86. The van der Waals surface area contributed by atoms with Crippen LogP contribution >= 0.6 is 0 Å². The van der Waals surface area contributed by atoms with Crippen LogP contribution in [0.15, 0.2) is 0 Å². The lowest BCUT2D eigenvalue weighted by Gasteiger charge is -2.35. The van der Waals surface area contributed by atoms with Crippen molar-refractivity contribution in [1.29, 1.82) is 0 Å². The molecule has 0 aliphatic heterocycles. The molecule has 0 aromatic heterocycles. The van der Waals surface area contributed by atoms with Gasteiger partial charge in [0, 0.05) is 20.6 Å². The Labute approximate surface area is 99.2 Å². The van der Waals surface area contributed by atoms with E-state index >= 15 is 0 Å². The lowest BCUT2D eigenvalue weighted by Crippen LogP contribution is -2.52. The highest BCUT2D eigenvalue weighted by Gasteiger charge is 2.34. The molecule has 0 amide bonds. The van der Waals surface area contributed by atoms with Crippen molar-refractivity contribution < 1.29 is 13.5 Å². The van der Waals surface area contributed by atoms with Gasteiger partial charge < -0.3 is 5.11 Å². The van der Waals surface area contributed by atoms with E-state index in [1.807, 2.05) is 6.92 Å². The van der Waals surface area contributed by atoms with Crippen LogP contribution in [-0.4, -0.2) is 54.9 Å². The predicted molar refractivity (Wildman–Crippen MR) is 65.4 cm³/mol. The van der Waals surface area contributed by atoms with Gasteiger partial charge in [0.2, 0.25) is 0 Å². The third-order valence-corrected chi connectivity index (χ3v) is 4.96. The Bertz CT molecular complexity index is 301.